The van der Waals surface area contributed by atoms with Crippen molar-refractivity contribution in [3.8, 4) is 11.5 Å². The quantitative estimate of drug-likeness (QED) is 0.439. The fourth-order valence-corrected chi connectivity index (χ4v) is 2.21. The predicted molar refractivity (Wildman–Crippen MR) is 98.3 cm³/mol. The number of rotatable bonds is 8. The highest BCUT2D eigenvalue weighted by atomic mass is 16.5. The molecule has 0 unspecified atom stereocenters. The van der Waals surface area contributed by atoms with Crippen LogP contribution in [0.1, 0.15) is 23.1 Å². The highest BCUT2D eigenvalue weighted by molar-refractivity contribution is 5.81. The van der Waals surface area contributed by atoms with E-state index in [0.29, 0.717) is 13.2 Å². The molecule has 2 aromatic rings. The minimum Gasteiger partial charge on any atom is -0.493 e. The summed E-state index contributed by atoms with van der Waals surface area (Å²) in [6.07, 6.45) is 2.30. The van der Waals surface area contributed by atoms with Crippen molar-refractivity contribution in [2.45, 2.75) is 20.3 Å². The maximum Gasteiger partial charge on any atom is 0.332 e. The molecule has 0 radical (unpaired) electrons. The first kappa shape index (κ1) is 18.3. The van der Waals surface area contributed by atoms with Crippen LogP contribution in [-0.4, -0.2) is 25.5 Å². The van der Waals surface area contributed by atoms with Gasteiger partial charge in [0.1, 0.15) is 11.5 Å². The van der Waals surface area contributed by atoms with Gasteiger partial charge in [-0.15, -0.1) is 0 Å². The summed E-state index contributed by atoms with van der Waals surface area (Å²) < 4.78 is 11.4. The van der Waals surface area contributed by atoms with Gasteiger partial charge in [-0.1, -0.05) is 17.7 Å². The van der Waals surface area contributed by atoms with Gasteiger partial charge in [-0.2, -0.15) is 5.10 Å². The second kappa shape index (κ2) is 9.32. The van der Waals surface area contributed by atoms with Crippen LogP contribution >= 0.6 is 0 Å². The number of nitrogens with two attached hydrogens (primary N) is 1. The number of nitrogens with one attached hydrogen (secondary N) is 1. The van der Waals surface area contributed by atoms with Crippen LogP contribution in [-0.2, 0) is 0 Å². The van der Waals surface area contributed by atoms with Crippen molar-refractivity contribution in [2.24, 2.45) is 10.8 Å². The largest absolute Gasteiger partial charge is 0.493 e. The molecule has 0 aliphatic carbocycles. The molecule has 0 spiro atoms. The first-order valence-electron chi connectivity index (χ1n) is 8.06. The minimum absolute atomic E-state index is 0.571. The maximum absolute atomic E-state index is 10.5. The van der Waals surface area contributed by atoms with Crippen molar-refractivity contribution in [2.75, 3.05) is 13.2 Å². The number of carbonyl (C=O) groups excluding carboxylic acids is 1. The number of ether oxygens (including phenoxy) is 2. The summed E-state index contributed by atoms with van der Waals surface area (Å²) in [5, 5.41) is 3.69. The molecule has 0 aromatic heterocycles. The van der Waals surface area contributed by atoms with Crippen LogP contribution < -0.4 is 20.6 Å². The van der Waals surface area contributed by atoms with E-state index in [1.54, 1.807) is 0 Å². The third-order valence-electron chi connectivity index (χ3n) is 3.41. The Kier molecular flexibility index (Phi) is 6.83. The van der Waals surface area contributed by atoms with E-state index in [1.807, 2.05) is 43.3 Å². The van der Waals surface area contributed by atoms with E-state index in [1.165, 1.54) is 11.8 Å². The average Bonchev–Trinajstić information content (AvgIpc) is 2.57. The predicted octanol–water partition coefficient (Wildman–Crippen LogP) is 3.15. The Morgan fingerprint density at radius 2 is 1.84 bits per heavy atom. The lowest BCUT2D eigenvalue weighted by Crippen LogP contribution is -2.24. The zero-order valence-corrected chi connectivity index (χ0v) is 14.5. The SMILES string of the molecule is Cc1ccc(OCCCOc2ccc(/C=N\NC(N)=O)cc2)c(C)c1. The third-order valence-corrected chi connectivity index (χ3v) is 3.41. The molecule has 2 amide bonds. The van der Waals surface area contributed by atoms with Gasteiger partial charge in [0.05, 0.1) is 19.4 Å². The maximum atomic E-state index is 10.5. The molecular formula is C19H23N3O3. The van der Waals surface area contributed by atoms with Crippen molar-refractivity contribution >= 4 is 12.2 Å². The van der Waals surface area contributed by atoms with E-state index in [9.17, 15) is 4.79 Å². The Labute approximate surface area is 147 Å². The van der Waals surface area contributed by atoms with E-state index in [4.69, 9.17) is 15.2 Å². The van der Waals surface area contributed by atoms with Gasteiger partial charge in [0.15, 0.2) is 0 Å². The first-order valence-corrected chi connectivity index (χ1v) is 8.06. The Hall–Kier alpha value is -3.02. The van der Waals surface area contributed by atoms with E-state index in [2.05, 4.69) is 23.5 Å². The molecule has 3 N–H and O–H groups in total. The fraction of sp³-hybridized carbons (Fsp3) is 0.263. The third kappa shape index (κ3) is 6.55. The van der Waals surface area contributed by atoms with Crippen molar-refractivity contribution < 1.29 is 14.3 Å². The molecule has 0 aliphatic rings. The minimum atomic E-state index is -0.695. The second-order valence-corrected chi connectivity index (χ2v) is 5.62. The molecule has 2 aromatic carbocycles. The Bertz CT molecular complexity index is 727. The van der Waals surface area contributed by atoms with Gasteiger partial charge in [0.25, 0.3) is 0 Å². The van der Waals surface area contributed by atoms with Gasteiger partial charge in [0, 0.05) is 6.42 Å². The molecule has 0 aliphatic heterocycles. The summed E-state index contributed by atoms with van der Waals surface area (Å²) in [4.78, 5) is 10.5. The van der Waals surface area contributed by atoms with Gasteiger partial charge in [-0.05, 0) is 55.3 Å². The van der Waals surface area contributed by atoms with Gasteiger partial charge in [-0.25, -0.2) is 10.2 Å². The molecule has 0 saturated carbocycles. The lowest BCUT2D eigenvalue weighted by Gasteiger charge is -2.10. The second-order valence-electron chi connectivity index (χ2n) is 5.62. The number of nitrogens with zero attached hydrogens (tertiary/aromatic N) is 1. The van der Waals surface area contributed by atoms with Crippen LogP contribution in [0.15, 0.2) is 47.6 Å². The molecule has 0 heterocycles. The number of primary amides is 1. The van der Waals surface area contributed by atoms with Crippen molar-refractivity contribution in [1.29, 1.82) is 0 Å². The number of amides is 2. The van der Waals surface area contributed by atoms with E-state index < -0.39 is 6.03 Å². The molecule has 6 heteroatoms. The average molecular weight is 341 g/mol. The van der Waals surface area contributed by atoms with Crippen LogP contribution in [0.3, 0.4) is 0 Å². The number of urea groups is 1. The van der Waals surface area contributed by atoms with E-state index >= 15 is 0 Å². The van der Waals surface area contributed by atoms with Gasteiger partial charge in [0.2, 0.25) is 0 Å². The summed E-state index contributed by atoms with van der Waals surface area (Å²) in [6, 6.07) is 12.8. The summed E-state index contributed by atoms with van der Waals surface area (Å²) in [5.74, 6) is 1.69. The summed E-state index contributed by atoms with van der Waals surface area (Å²) >= 11 is 0. The molecule has 2 rings (SSSR count). The Morgan fingerprint density at radius 1 is 1.12 bits per heavy atom. The monoisotopic (exact) mass is 341 g/mol. The van der Waals surface area contributed by atoms with Crippen LogP contribution in [0, 0.1) is 13.8 Å². The van der Waals surface area contributed by atoms with E-state index in [0.717, 1.165) is 29.0 Å². The summed E-state index contributed by atoms with van der Waals surface area (Å²) in [5.41, 5.74) is 10.3. The van der Waals surface area contributed by atoms with Crippen LogP contribution in [0.25, 0.3) is 0 Å². The normalized spacial score (nSPS) is 10.6. The van der Waals surface area contributed by atoms with Crippen molar-refractivity contribution in [3.05, 3.63) is 59.2 Å². The molecule has 25 heavy (non-hydrogen) atoms. The van der Waals surface area contributed by atoms with Crippen molar-refractivity contribution in [3.63, 3.8) is 0 Å². The lowest BCUT2D eigenvalue weighted by atomic mass is 10.1. The smallest absolute Gasteiger partial charge is 0.332 e. The number of hydrazone groups is 1. The number of hydrogen-bond donors (Lipinski definition) is 2. The molecular weight excluding hydrogens is 318 g/mol. The number of carbonyl (C=O) groups is 1. The molecule has 0 bridgehead atoms. The Morgan fingerprint density at radius 3 is 2.52 bits per heavy atom. The van der Waals surface area contributed by atoms with Crippen molar-refractivity contribution in [1.82, 2.24) is 5.43 Å². The fourth-order valence-electron chi connectivity index (χ4n) is 2.21. The molecule has 0 saturated heterocycles. The Balaban J connectivity index is 1.69. The molecule has 132 valence electrons. The van der Waals surface area contributed by atoms with E-state index in [-0.39, 0.29) is 0 Å². The number of aryl methyl sites for hydroxylation is 2. The zero-order chi connectivity index (χ0) is 18.1. The molecule has 0 fully saturated rings. The van der Waals surface area contributed by atoms with Gasteiger partial charge >= 0.3 is 6.03 Å². The van der Waals surface area contributed by atoms with Crippen LogP contribution in [0.5, 0.6) is 11.5 Å². The van der Waals surface area contributed by atoms with Crippen LogP contribution in [0.4, 0.5) is 4.79 Å². The highest BCUT2D eigenvalue weighted by Gasteiger charge is 2.00. The standard InChI is InChI=1S/C19H23N3O3/c1-14-4-9-18(15(2)12-14)25-11-3-10-24-17-7-5-16(6-8-17)13-21-22-19(20)23/h4-9,12-13H,3,10-11H2,1-2H3,(H3,20,22,23)/b21-13-. The van der Waals surface area contributed by atoms with Crippen LogP contribution in [0.2, 0.25) is 0 Å². The van der Waals surface area contributed by atoms with Gasteiger partial charge < -0.3 is 15.2 Å². The number of hydrogen-bond acceptors (Lipinski definition) is 4. The summed E-state index contributed by atoms with van der Waals surface area (Å²) in [6.45, 7) is 5.29. The molecule has 0 atom stereocenters. The summed E-state index contributed by atoms with van der Waals surface area (Å²) in [7, 11) is 0. The van der Waals surface area contributed by atoms with Gasteiger partial charge in [-0.3, -0.25) is 0 Å². The highest BCUT2D eigenvalue weighted by Crippen LogP contribution is 2.19. The number of benzene rings is 2. The molecule has 6 nitrogen and oxygen atoms in total. The zero-order valence-electron chi connectivity index (χ0n) is 14.5. The first-order chi connectivity index (χ1) is 12.0. The topological polar surface area (TPSA) is 85.9 Å². The lowest BCUT2D eigenvalue weighted by molar-refractivity contribution is 0.246.